The van der Waals surface area contributed by atoms with Gasteiger partial charge in [-0.2, -0.15) is 0 Å². The van der Waals surface area contributed by atoms with Crippen LogP contribution in [0.25, 0.3) is 0 Å². The molecule has 29 heavy (non-hydrogen) atoms. The van der Waals surface area contributed by atoms with Gasteiger partial charge in [0.15, 0.2) is 0 Å². The maximum atomic E-state index is 12.9. The summed E-state index contributed by atoms with van der Waals surface area (Å²) >= 11 is 0. The highest BCUT2D eigenvalue weighted by molar-refractivity contribution is 5.97. The summed E-state index contributed by atoms with van der Waals surface area (Å²) in [4.78, 5) is 35.1. The van der Waals surface area contributed by atoms with Crippen molar-refractivity contribution in [2.45, 2.75) is 51.6 Å². The lowest BCUT2D eigenvalue weighted by molar-refractivity contribution is -0.134. The van der Waals surface area contributed by atoms with Gasteiger partial charge in [0.2, 0.25) is 5.91 Å². The molecular weight excluding hydrogens is 366 g/mol. The second-order valence-electron chi connectivity index (χ2n) is 8.31. The number of aromatic amines is 1. The summed E-state index contributed by atoms with van der Waals surface area (Å²) in [5, 5.41) is 6.50. The molecule has 7 nitrogen and oxygen atoms in total. The molecule has 3 heterocycles. The summed E-state index contributed by atoms with van der Waals surface area (Å²) in [6, 6.07) is 5.04. The van der Waals surface area contributed by atoms with Gasteiger partial charge in [-0.1, -0.05) is 6.07 Å². The van der Waals surface area contributed by atoms with Crippen molar-refractivity contribution in [3.8, 4) is 0 Å². The largest absolute Gasteiger partial charge is 0.348 e. The Kier molecular flexibility index (Phi) is 5.17. The van der Waals surface area contributed by atoms with Gasteiger partial charge in [0.25, 0.3) is 5.91 Å². The number of amides is 2. The molecule has 4 rings (SSSR count). The lowest BCUT2D eigenvalue weighted by Crippen LogP contribution is -2.57. The van der Waals surface area contributed by atoms with Gasteiger partial charge >= 0.3 is 0 Å². The summed E-state index contributed by atoms with van der Waals surface area (Å²) in [7, 11) is 0. The normalized spacial score (nSPS) is 18.9. The Labute approximate surface area is 171 Å². The summed E-state index contributed by atoms with van der Waals surface area (Å²) < 4.78 is 0. The first-order valence-electron chi connectivity index (χ1n) is 10.3. The van der Waals surface area contributed by atoms with Crippen LogP contribution in [0.4, 0.5) is 0 Å². The number of carbonyl (C=O) groups is 2. The average Bonchev–Trinajstić information content (AvgIpc) is 3.20. The van der Waals surface area contributed by atoms with E-state index in [4.69, 9.17) is 0 Å². The number of hydrogen-bond acceptors (Lipinski definition) is 4. The zero-order valence-electron chi connectivity index (χ0n) is 17.3. The Hall–Kier alpha value is -2.67. The number of likely N-dealkylation sites (tertiary alicyclic amines) is 1. The van der Waals surface area contributed by atoms with E-state index < -0.39 is 6.04 Å². The minimum absolute atomic E-state index is 0.0323. The van der Waals surface area contributed by atoms with E-state index in [1.54, 1.807) is 19.3 Å². The van der Waals surface area contributed by atoms with Crippen LogP contribution in [0.1, 0.15) is 52.6 Å². The topological polar surface area (TPSA) is 90.1 Å². The highest BCUT2D eigenvalue weighted by Crippen LogP contribution is 2.35. The van der Waals surface area contributed by atoms with Crippen LogP contribution in [0.5, 0.6) is 0 Å². The number of imidazole rings is 1. The molecular formula is C22H29N5O2. The second kappa shape index (κ2) is 7.63. The van der Waals surface area contributed by atoms with E-state index in [1.807, 2.05) is 30.9 Å². The van der Waals surface area contributed by atoms with Gasteiger partial charge in [-0.15, -0.1) is 0 Å². The molecule has 2 aromatic rings. The first kappa shape index (κ1) is 19.6. The van der Waals surface area contributed by atoms with E-state index in [0.29, 0.717) is 18.7 Å². The van der Waals surface area contributed by atoms with Crippen LogP contribution in [0.3, 0.4) is 0 Å². The van der Waals surface area contributed by atoms with Crippen molar-refractivity contribution in [2.24, 2.45) is 0 Å². The molecule has 2 amide bonds. The number of benzene rings is 1. The molecule has 1 spiro atoms. The predicted molar refractivity (Wildman–Crippen MR) is 111 cm³/mol. The average molecular weight is 396 g/mol. The molecule has 1 fully saturated rings. The van der Waals surface area contributed by atoms with Crippen LogP contribution in [-0.4, -0.2) is 52.4 Å². The van der Waals surface area contributed by atoms with Crippen LogP contribution < -0.4 is 10.6 Å². The summed E-state index contributed by atoms with van der Waals surface area (Å²) in [6.45, 7) is 7.99. The Bertz CT molecular complexity index is 927. The molecule has 2 aliphatic rings. The smallest absolute Gasteiger partial charge is 0.251 e. The van der Waals surface area contributed by atoms with Crippen LogP contribution in [0.2, 0.25) is 0 Å². The monoisotopic (exact) mass is 395 g/mol. The minimum Gasteiger partial charge on any atom is -0.348 e. The molecule has 1 unspecified atom stereocenters. The van der Waals surface area contributed by atoms with Crippen LogP contribution in [0, 0.1) is 13.8 Å². The molecule has 1 aromatic heterocycles. The van der Waals surface area contributed by atoms with Gasteiger partial charge in [0, 0.05) is 37.3 Å². The van der Waals surface area contributed by atoms with Crippen molar-refractivity contribution in [3.05, 3.63) is 52.6 Å². The molecule has 1 saturated heterocycles. The molecule has 0 aliphatic carbocycles. The number of aromatic nitrogens is 2. The Morgan fingerprint density at radius 1 is 1.21 bits per heavy atom. The van der Waals surface area contributed by atoms with Crippen molar-refractivity contribution in [1.82, 2.24) is 25.5 Å². The van der Waals surface area contributed by atoms with Crippen molar-refractivity contribution in [1.29, 1.82) is 0 Å². The van der Waals surface area contributed by atoms with E-state index in [-0.39, 0.29) is 17.4 Å². The molecule has 0 radical (unpaired) electrons. The Morgan fingerprint density at radius 2 is 1.97 bits per heavy atom. The fourth-order valence-electron chi connectivity index (χ4n) is 4.46. The lowest BCUT2D eigenvalue weighted by Gasteiger charge is -2.44. The lowest BCUT2D eigenvalue weighted by atomic mass is 9.80. The molecule has 2 aliphatic heterocycles. The van der Waals surface area contributed by atoms with Crippen molar-refractivity contribution >= 4 is 11.8 Å². The number of fused-ring (bicyclic) bond motifs is 2. The van der Waals surface area contributed by atoms with Crippen molar-refractivity contribution in [2.75, 3.05) is 19.6 Å². The molecule has 0 saturated carbocycles. The van der Waals surface area contributed by atoms with E-state index in [1.165, 1.54) is 5.69 Å². The van der Waals surface area contributed by atoms with Crippen molar-refractivity contribution < 1.29 is 9.59 Å². The number of nitrogens with zero attached hydrogens (tertiary/aromatic N) is 2. The van der Waals surface area contributed by atoms with Gasteiger partial charge in [-0.3, -0.25) is 9.59 Å². The predicted octanol–water partition coefficient (Wildman–Crippen LogP) is 1.81. The Morgan fingerprint density at radius 3 is 2.69 bits per heavy atom. The van der Waals surface area contributed by atoms with Crippen LogP contribution in [0.15, 0.2) is 24.5 Å². The second-order valence-corrected chi connectivity index (χ2v) is 8.31. The molecule has 7 heteroatoms. The zero-order valence-corrected chi connectivity index (χ0v) is 17.3. The number of aryl methyl sites for hydroxylation is 2. The van der Waals surface area contributed by atoms with Gasteiger partial charge in [-0.05, 0) is 56.9 Å². The number of hydrogen-bond donors (Lipinski definition) is 3. The fraction of sp³-hybridized carbons (Fsp3) is 0.500. The quantitative estimate of drug-likeness (QED) is 0.739. The summed E-state index contributed by atoms with van der Waals surface area (Å²) in [5.74, 6) is -0.243. The van der Waals surface area contributed by atoms with Crippen LogP contribution in [-0.2, 0) is 16.8 Å². The minimum atomic E-state index is -0.557. The maximum Gasteiger partial charge on any atom is 0.251 e. The van der Waals surface area contributed by atoms with E-state index in [0.717, 1.165) is 42.6 Å². The first-order chi connectivity index (χ1) is 13.9. The number of piperidine rings is 1. The van der Waals surface area contributed by atoms with Gasteiger partial charge in [0.05, 0.1) is 17.6 Å². The van der Waals surface area contributed by atoms with Gasteiger partial charge in [0.1, 0.15) is 6.04 Å². The number of rotatable bonds is 3. The number of carbonyl (C=O) groups excluding carboxylic acids is 2. The molecule has 3 N–H and O–H groups in total. The molecule has 154 valence electrons. The SMILES string of the molecule is Cc1ccc(C(=O)NC(C)C(=O)N2CCC3(CC2)NCCc2[nH]cnc23)cc1C. The summed E-state index contributed by atoms with van der Waals surface area (Å²) in [6.07, 6.45) is 4.38. The summed E-state index contributed by atoms with van der Waals surface area (Å²) in [5.41, 5.74) is 4.96. The third-order valence-electron chi connectivity index (χ3n) is 6.43. The highest BCUT2D eigenvalue weighted by Gasteiger charge is 2.42. The maximum absolute atomic E-state index is 12.9. The fourth-order valence-corrected chi connectivity index (χ4v) is 4.46. The van der Waals surface area contributed by atoms with Crippen molar-refractivity contribution in [3.63, 3.8) is 0 Å². The number of H-pyrrole nitrogens is 1. The highest BCUT2D eigenvalue weighted by atomic mass is 16.2. The van der Waals surface area contributed by atoms with Gasteiger partial charge in [-0.25, -0.2) is 4.98 Å². The molecule has 0 bridgehead atoms. The zero-order chi connectivity index (χ0) is 20.6. The van der Waals surface area contributed by atoms with Crippen LogP contribution >= 0.6 is 0 Å². The Balaban J connectivity index is 1.37. The standard InChI is InChI=1S/C22H29N5O2/c1-14-4-5-17(12-15(14)2)20(28)26-16(3)21(29)27-10-7-22(8-11-27)19-18(6-9-25-22)23-13-24-19/h4-5,12-13,16,25H,6-11H2,1-3H3,(H,23,24)(H,26,28). The van der Waals surface area contributed by atoms with Gasteiger partial charge < -0.3 is 20.5 Å². The van der Waals surface area contributed by atoms with E-state index >= 15 is 0 Å². The third-order valence-corrected chi connectivity index (χ3v) is 6.43. The van der Waals surface area contributed by atoms with E-state index in [9.17, 15) is 9.59 Å². The first-order valence-corrected chi connectivity index (χ1v) is 10.3. The van der Waals surface area contributed by atoms with E-state index in [2.05, 4.69) is 20.6 Å². The molecule has 1 atom stereocenters. The molecule has 1 aromatic carbocycles. The number of nitrogens with one attached hydrogen (secondary N) is 3. The third kappa shape index (κ3) is 3.67.